The quantitative estimate of drug-likeness (QED) is 0.598. The third-order valence-corrected chi connectivity index (χ3v) is 8.39. The molecule has 2 aliphatic heterocycles. The Morgan fingerprint density at radius 2 is 1.96 bits per heavy atom. The number of carbonyl (C=O) groups is 1. The van der Waals surface area contributed by atoms with E-state index in [-0.39, 0.29) is 40.5 Å². The molecule has 0 amide bonds. The summed E-state index contributed by atoms with van der Waals surface area (Å²) in [5, 5.41) is 10.6. The summed E-state index contributed by atoms with van der Waals surface area (Å²) in [6.45, 7) is 8.41. The molecule has 5 nitrogen and oxygen atoms in total. The Hall–Kier alpha value is -0.650. The Labute approximate surface area is 156 Å². The van der Waals surface area contributed by atoms with Crippen molar-refractivity contribution in [1.82, 2.24) is 0 Å². The summed E-state index contributed by atoms with van der Waals surface area (Å²) < 4.78 is 16.5. The molecule has 2 saturated heterocycles. The van der Waals surface area contributed by atoms with Crippen molar-refractivity contribution in [3.63, 3.8) is 0 Å². The molecule has 4 aliphatic rings. The topological polar surface area (TPSA) is 71.6 Å². The molecule has 0 aromatic rings. The van der Waals surface area contributed by atoms with Crippen LogP contribution in [0.4, 0.5) is 0 Å². The number of methoxy groups -OCH3 is 1. The predicted octanol–water partition coefficient (Wildman–Crippen LogP) is 2.94. The number of fused-ring (bicyclic) bond motifs is 1. The van der Waals surface area contributed by atoms with Crippen molar-refractivity contribution in [2.75, 3.05) is 20.3 Å². The summed E-state index contributed by atoms with van der Waals surface area (Å²) in [6, 6.07) is 0. The molecule has 148 valence electrons. The minimum absolute atomic E-state index is 0.00863. The fraction of sp³-hybridized carbons (Fsp3) is 0.952. The van der Waals surface area contributed by atoms with Crippen molar-refractivity contribution in [2.45, 2.75) is 77.1 Å². The van der Waals surface area contributed by atoms with Gasteiger partial charge in [0.2, 0.25) is 0 Å². The van der Waals surface area contributed by atoms with Crippen LogP contribution in [0.25, 0.3) is 0 Å². The third-order valence-electron chi connectivity index (χ3n) is 8.39. The number of ether oxygens (including phenoxy) is 3. The van der Waals surface area contributed by atoms with Crippen LogP contribution in [0, 0.1) is 28.6 Å². The summed E-state index contributed by atoms with van der Waals surface area (Å²) in [5.41, 5.74) is 0.0976. The zero-order valence-electron chi connectivity index (χ0n) is 16.6. The molecule has 4 unspecified atom stereocenters. The molecule has 1 N–H and O–H groups in total. The first-order chi connectivity index (χ1) is 12.2. The SMILES string of the molecule is COC(=O)C(CC[C@@H]1C2(C)CCC(O)C(C)(C)C2CC[C@@]12CO2)[C@H]1CO1. The molecule has 2 heterocycles. The molecule has 7 atom stereocenters. The molecule has 1 spiro atoms. The fourth-order valence-corrected chi connectivity index (χ4v) is 6.63. The van der Waals surface area contributed by atoms with Crippen LogP contribution in [0.1, 0.15) is 59.3 Å². The maximum Gasteiger partial charge on any atom is 0.311 e. The Morgan fingerprint density at radius 3 is 2.54 bits per heavy atom. The van der Waals surface area contributed by atoms with Crippen molar-refractivity contribution in [3.8, 4) is 0 Å². The van der Waals surface area contributed by atoms with E-state index < -0.39 is 0 Å². The molecule has 0 aromatic carbocycles. The van der Waals surface area contributed by atoms with E-state index in [1.807, 2.05) is 0 Å². The fourth-order valence-electron chi connectivity index (χ4n) is 6.63. The zero-order valence-corrected chi connectivity index (χ0v) is 16.6. The van der Waals surface area contributed by atoms with Crippen LogP contribution >= 0.6 is 0 Å². The van der Waals surface area contributed by atoms with Gasteiger partial charge in [-0.05, 0) is 61.2 Å². The van der Waals surface area contributed by atoms with Crippen molar-refractivity contribution in [3.05, 3.63) is 0 Å². The van der Waals surface area contributed by atoms with Crippen LogP contribution in [0.2, 0.25) is 0 Å². The van der Waals surface area contributed by atoms with Crippen LogP contribution in [0.5, 0.6) is 0 Å². The van der Waals surface area contributed by atoms with E-state index in [2.05, 4.69) is 20.8 Å². The predicted molar refractivity (Wildman–Crippen MR) is 96.5 cm³/mol. The van der Waals surface area contributed by atoms with Gasteiger partial charge in [-0.3, -0.25) is 4.79 Å². The van der Waals surface area contributed by atoms with Crippen molar-refractivity contribution in [1.29, 1.82) is 0 Å². The Bertz CT molecular complexity index is 565. The van der Waals surface area contributed by atoms with Gasteiger partial charge < -0.3 is 19.3 Å². The lowest BCUT2D eigenvalue weighted by Crippen LogP contribution is -2.58. The van der Waals surface area contributed by atoms with Crippen molar-refractivity contribution in [2.24, 2.45) is 28.6 Å². The minimum atomic E-state index is -0.224. The number of rotatable bonds is 5. The second kappa shape index (κ2) is 6.18. The Kier molecular flexibility index (Phi) is 4.44. The van der Waals surface area contributed by atoms with E-state index >= 15 is 0 Å². The van der Waals surface area contributed by atoms with Gasteiger partial charge in [-0.2, -0.15) is 0 Å². The highest BCUT2D eigenvalue weighted by Crippen LogP contribution is 2.66. The molecular weight excluding hydrogens is 332 g/mol. The van der Waals surface area contributed by atoms with Gasteiger partial charge in [-0.15, -0.1) is 0 Å². The normalized spacial score (nSPS) is 47.1. The number of carbonyl (C=O) groups excluding carboxylic acids is 1. The van der Waals surface area contributed by atoms with E-state index in [1.54, 1.807) is 0 Å². The summed E-state index contributed by atoms with van der Waals surface area (Å²) in [5.74, 6) is 0.635. The largest absolute Gasteiger partial charge is 0.469 e. The molecular formula is C21H34O5. The highest BCUT2D eigenvalue weighted by molar-refractivity contribution is 5.73. The molecule has 2 saturated carbocycles. The van der Waals surface area contributed by atoms with E-state index in [0.717, 1.165) is 45.1 Å². The first-order valence-electron chi connectivity index (χ1n) is 10.3. The minimum Gasteiger partial charge on any atom is -0.469 e. The van der Waals surface area contributed by atoms with E-state index in [4.69, 9.17) is 14.2 Å². The molecule has 5 heteroatoms. The molecule has 0 radical (unpaired) electrons. The van der Waals surface area contributed by atoms with E-state index in [1.165, 1.54) is 7.11 Å². The van der Waals surface area contributed by atoms with Gasteiger partial charge in [0.05, 0.1) is 44.1 Å². The first-order valence-corrected chi connectivity index (χ1v) is 10.3. The van der Waals surface area contributed by atoms with Gasteiger partial charge in [0, 0.05) is 0 Å². The Balaban J connectivity index is 1.55. The lowest BCUT2D eigenvalue weighted by molar-refractivity contribution is -0.158. The third kappa shape index (κ3) is 2.82. The standard InChI is InChI=1S/C21H34O5/c1-19(2)15-7-10-21(12-26-21)16(20(15,3)9-8-17(19)22)6-5-13(14-11-25-14)18(23)24-4/h13-17,22H,5-12H2,1-4H3/t13?,14-,15?,16-,17?,20?,21-/m1/s1. The average molecular weight is 366 g/mol. The Morgan fingerprint density at radius 1 is 1.27 bits per heavy atom. The highest BCUT2D eigenvalue weighted by atomic mass is 16.6. The number of aliphatic hydroxyl groups is 1. The maximum absolute atomic E-state index is 12.2. The van der Waals surface area contributed by atoms with Crippen LogP contribution in [-0.4, -0.2) is 49.2 Å². The first kappa shape index (κ1) is 18.7. The molecule has 26 heavy (non-hydrogen) atoms. The highest BCUT2D eigenvalue weighted by Gasteiger charge is 2.66. The van der Waals surface area contributed by atoms with Gasteiger partial charge in [0.1, 0.15) is 0 Å². The summed E-state index contributed by atoms with van der Waals surface area (Å²) in [4.78, 5) is 12.2. The molecule has 4 rings (SSSR count). The second-order valence-corrected chi connectivity index (χ2v) is 9.96. The molecule has 0 bridgehead atoms. The number of aliphatic hydroxyl groups excluding tert-OH is 1. The van der Waals surface area contributed by atoms with Gasteiger partial charge >= 0.3 is 5.97 Å². The summed E-state index contributed by atoms with van der Waals surface area (Å²) >= 11 is 0. The summed E-state index contributed by atoms with van der Waals surface area (Å²) in [7, 11) is 1.46. The van der Waals surface area contributed by atoms with E-state index in [0.29, 0.717) is 18.4 Å². The van der Waals surface area contributed by atoms with Crippen molar-refractivity contribution < 1.29 is 24.1 Å². The number of epoxide rings is 2. The average Bonchev–Trinajstić information content (AvgIpc) is 3.50. The monoisotopic (exact) mass is 366 g/mol. The van der Waals surface area contributed by atoms with Gasteiger partial charge in [0.25, 0.3) is 0 Å². The van der Waals surface area contributed by atoms with E-state index in [9.17, 15) is 9.90 Å². The molecule has 0 aromatic heterocycles. The van der Waals surface area contributed by atoms with Gasteiger partial charge in [-0.25, -0.2) is 0 Å². The lowest BCUT2D eigenvalue weighted by Gasteiger charge is -2.60. The van der Waals surface area contributed by atoms with Crippen molar-refractivity contribution >= 4 is 5.97 Å². The van der Waals surface area contributed by atoms with Gasteiger partial charge in [-0.1, -0.05) is 20.8 Å². The molecule has 2 aliphatic carbocycles. The van der Waals surface area contributed by atoms with Crippen LogP contribution in [0.15, 0.2) is 0 Å². The summed E-state index contributed by atoms with van der Waals surface area (Å²) in [6.07, 6.45) is 5.70. The second-order valence-electron chi connectivity index (χ2n) is 9.96. The molecule has 4 fully saturated rings. The number of esters is 1. The van der Waals surface area contributed by atoms with Crippen LogP contribution < -0.4 is 0 Å². The lowest BCUT2D eigenvalue weighted by atomic mass is 9.45. The van der Waals surface area contributed by atoms with Crippen LogP contribution in [0.3, 0.4) is 0 Å². The maximum atomic E-state index is 12.2. The number of hydrogen-bond donors (Lipinski definition) is 1. The van der Waals surface area contributed by atoms with Gasteiger partial charge in [0.15, 0.2) is 0 Å². The number of hydrogen-bond acceptors (Lipinski definition) is 5. The van der Waals surface area contributed by atoms with Crippen LogP contribution in [-0.2, 0) is 19.0 Å². The zero-order chi connectivity index (χ0) is 18.7. The smallest absolute Gasteiger partial charge is 0.311 e.